The molecule has 1 aromatic carbocycles. The number of nitrogen functional groups attached to an aromatic ring is 1. The molecule has 1 aliphatic rings. The second-order valence-electron chi connectivity index (χ2n) is 6.98. The molecule has 3 heterocycles. The molecular formula is C18H21N7O4. The van der Waals surface area contributed by atoms with Crippen molar-refractivity contribution in [3.63, 3.8) is 0 Å². The average molecular weight is 399 g/mol. The largest absolute Gasteiger partial charge is 0.420 e. The minimum absolute atomic E-state index is 0.00235. The van der Waals surface area contributed by atoms with E-state index in [2.05, 4.69) is 15.6 Å². The van der Waals surface area contributed by atoms with Gasteiger partial charge in [-0.2, -0.15) is 0 Å². The Kier molecular flexibility index (Phi) is 4.79. The number of hydrogen-bond donors (Lipinski definition) is 2. The molecule has 29 heavy (non-hydrogen) atoms. The summed E-state index contributed by atoms with van der Waals surface area (Å²) in [6, 6.07) is 4.73. The molecule has 2 amide bonds. The van der Waals surface area contributed by atoms with Gasteiger partial charge in [-0.15, -0.1) is 5.10 Å². The van der Waals surface area contributed by atoms with Gasteiger partial charge in [-0.05, 0) is 37.5 Å². The van der Waals surface area contributed by atoms with E-state index in [1.54, 1.807) is 30.1 Å². The van der Waals surface area contributed by atoms with Crippen molar-refractivity contribution >= 4 is 34.4 Å². The van der Waals surface area contributed by atoms with Gasteiger partial charge in [0.25, 0.3) is 5.91 Å². The predicted molar refractivity (Wildman–Crippen MR) is 104 cm³/mol. The number of aryl methyl sites for hydroxylation is 1. The number of aromatic nitrogens is 4. The van der Waals surface area contributed by atoms with Gasteiger partial charge in [0, 0.05) is 25.8 Å². The number of amides is 2. The Morgan fingerprint density at radius 1 is 1.24 bits per heavy atom. The first-order valence-corrected chi connectivity index (χ1v) is 9.31. The van der Waals surface area contributed by atoms with Gasteiger partial charge in [0.05, 0.1) is 5.52 Å². The Labute approximate surface area is 165 Å². The summed E-state index contributed by atoms with van der Waals surface area (Å²) in [7, 11) is 1.58. The molecule has 0 aliphatic carbocycles. The molecule has 1 fully saturated rings. The molecule has 2 aromatic heterocycles. The molecule has 3 aromatic rings. The summed E-state index contributed by atoms with van der Waals surface area (Å²) in [4.78, 5) is 39.0. The van der Waals surface area contributed by atoms with E-state index in [1.807, 2.05) is 0 Å². The van der Waals surface area contributed by atoms with E-state index in [0.717, 1.165) is 19.3 Å². The number of anilines is 2. The highest BCUT2D eigenvalue weighted by Crippen LogP contribution is 2.20. The van der Waals surface area contributed by atoms with Gasteiger partial charge in [-0.1, -0.05) is 5.21 Å². The standard InChI is InChI=1S/C18H21N7O4/c1-23-16(19)15(21-22-23)17(27)20-11-5-6-13-12(9-11)25(18(28)29-13)10-14(26)24-7-3-2-4-8-24/h5-6,9H,2-4,7-8,10,19H2,1H3,(H,20,27). The number of likely N-dealkylation sites (tertiary alicyclic amines) is 1. The molecule has 3 N–H and O–H groups in total. The molecule has 0 spiro atoms. The molecule has 152 valence electrons. The monoisotopic (exact) mass is 399 g/mol. The zero-order valence-electron chi connectivity index (χ0n) is 15.9. The van der Waals surface area contributed by atoms with Crippen LogP contribution in [0.2, 0.25) is 0 Å². The van der Waals surface area contributed by atoms with Crippen LogP contribution >= 0.6 is 0 Å². The number of carbonyl (C=O) groups is 2. The zero-order chi connectivity index (χ0) is 20.5. The molecule has 0 unspecified atom stereocenters. The second kappa shape index (κ2) is 7.41. The van der Waals surface area contributed by atoms with Crippen LogP contribution in [0.5, 0.6) is 0 Å². The first-order valence-electron chi connectivity index (χ1n) is 9.31. The molecule has 0 radical (unpaired) electrons. The maximum Gasteiger partial charge on any atom is 0.420 e. The number of fused-ring (bicyclic) bond motifs is 1. The van der Waals surface area contributed by atoms with E-state index < -0.39 is 11.7 Å². The lowest BCUT2D eigenvalue weighted by atomic mass is 10.1. The number of carbonyl (C=O) groups excluding carboxylic acids is 2. The van der Waals surface area contributed by atoms with E-state index in [4.69, 9.17) is 10.2 Å². The summed E-state index contributed by atoms with van der Waals surface area (Å²) >= 11 is 0. The third-order valence-corrected chi connectivity index (χ3v) is 5.01. The van der Waals surface area contributed by atoms with Crippen LogP contribution < -0.4 is 16.8 Å². The van der Waals surface area contributed by atoms with Crippen molar-refractivity contribution in [1.29, 1.82) is 0 Å². The topological polar surface area (TPSA) is 141 Å². The van der Waals surface area contributed by atoms with Crippen LogP contribution in [0.25, 0.3) is 11.1 Å². The van der Waals surface area contributed by atoms with Gasteiger partial charge >= 0.3 is 5.76 Å². The smallest absolute Gasteiger partial charge is 0.408 e. The van der Waals surface area contributed by atoms with Crippen LogP contribution in [0.4, 0.5) is 11.5 Å². The van der Waals surface area contributed by atoms with Crippen molar-refractivity contribution in [3.05, 3.63) is 34.4 Å². The zero-order valence-corrected chi connectivity index (χ0v) is 15.9. The first-order chi connectivity index (χ1) is 13.9. The van der Waals surface area contributed by atoms with Gasteiger partial charge in [-0.25, -0.2) is 9.48 Å². The number of nitrogens with two attached hydrogens (primary N) is 1. The summed E-state index contributed by atoms with van der Waals surface area (Å²) in [5.41, 5.74) is 6.94. The summed E-state index contributed by atoms with van der Waals surface area (Å²) in [5, 5.41) is 10.1. The van der Waals surface area contributed by atoms with Gasteiger partial charge in [0.15, 0.2) is 17.1 Å². The van der Waals surface area contributed by atoms with E-state index in [9.17, 15) is 14.4 Å². The SMILES string of the molecule is Cn1nnc(C(=O)Nc2ccc3oc(=O)n(CC(=O)N4CCCCC4)c3c2)c1N. The van der Waals surface area contributed by atoms with Crippen molar-refractivity contribution in [2.45, 2.75) is 25.8 Å². The van der Waals surface area contributed by atoms with Gasteiger partial charge in [0.1, 0.15) is 6.54 Å². The van der Waals surface area contributed by atoms with E-state index in [1.165, 1.54) is 9.25 Å². The highest BCUT2D eigenvalue weighted by Gasteiger charge is 2.21. The van der Waals surface area contributed by atoms with Crippen molar-refractivity contribution in [2.24, 2.45) is 7.05 Å². The Morgan fingerprint density at radius 2 is 2.00 bits per heavy atom. The number of benzene rings is 1. The summed E-state index contributed by atoms with van der Waals surface area (Å²) in [5.74, 6) is -1.14. The Balaban J connectivity index is 1.59. The van der Waals surface area contributed by atoms with Crippen molar-refractivity contribution < 1.29 is 14.0 Å². The minimum atomic E-state index is -0.619. The fraction of sp³-hybridized carbons (Fsp3) is 0.389. The van der Waals surface area contributed by atoms with Crippen LogP contribution in [0, 0.1) is 0 Å². The van der Waals surface area contributed by atoms with Crippen molar-refractivity contribution in [2.75, 3.05) is 24.1 Å². The van der Waals surface area contributed by atoms with E-state index >= 15 is 0 Å². The number of piperidine rings is 1. The van der Waals surface area contributed by atoms with Gasteiger partial charge in [-0.3, -0.25) is 14.2 Å². The predicted octanol–water partition coefficient (Wildman–Crippen LogP) is 0.570. The Morgan fingerprint density at radius 3 is 2.69 bits per heavy atom. The third kappa shape index (κ3) is 3.58. The average Bonchev–Trinajstić information content (AvgIpc) is 3.21. The molecule has 1 saturated heterocycles. The molecular weight excluding hydrogens is 378 g/mol. The second-order valence-corrected chi connectivity index (χ2v) is 6.98. The molecule has 11 heteroatoms. The highest BCUT2D eigenvalue weighted by molar-refractivity contribution is 6.06. The van der Waals surface area contributed by atoms with Crippen molar-refractivity contribution in [3.8, 4) is 0 Å². The highest BCUT2D eigenvalue weighted by atomic mass is 16.4. The lowest BCUT2D eigenvalue weighted by Crippen LogP contribution is -2.39. The fourth-order valence-corrected chi connectivity index (χ4v) is 3.38. The van der Waals surface area contributed by atoms with E-state index in [0.29, 0.717) is 29.9 Å². The molecule has 0 atom stereocenters. The van der Waals surface area contributed by atoms with Crippen LogP contribution in [0.15, 0.2) is 27.4 Å². The van der Waals surface area contributed by atoms with Crippen molar-refractivity contribution in [1.82, 2.24) is 24.5 Å². The number of rotatable bonds is 4. The lowest BCUT2D eigenvalue weighted by Gasteiger charge is -2.26. The maximum absolute atomic E-state index is 12.6. The van der Waals surface area contributed by atoms with Crippen LogP contribution in [0.1, 0.15) is 29.8 Å². The summed E-state index contributed by atoms with van der Waals surface area (Å²) in [6.07, 6.45) is 3.04. The minimum Gasteiger partial charge on any atom is -0.408 e. The number of nitrogens with one attached hydrogen (secondary N) is 1. The molecule has 11 nitrogen and oxygen atoms in total. The van der Waals surface area contributed by atoms with Crippen LogP contribution in [-0.2, 0) is 18.4 Å². The van der Waals surface area contributed by atoms with Gasteiger partial charge in [0.2, 0.25) is 5.91 Å². The van der Waals surface area contributed by atoms with Crippen LogP contribution in [0.3, 0.4) is 0 Å². The summed E-state index contributed by atoms with van der Waals surface area (Å²) in [6.45, 7) is 1.29. The molecule has 4 rings (SSSR count). The molecule has 1 aliphatic heterocycles. The van der Waals surface area contributed by atoms with Gasteiger partial charge < -0.3 is 20.4 Å². The van der Waals surface area contributed by atoms with Crippen LogP contribution in [-0.4, -0.2) is 49.4 Å². The summed E-state index contributed by atoms with van der Waals surface area (Å²) < 4.78 is 7.80. The lowest BCUT2D eigenvalue weighted by molar-refractivity contribution is -0.132. The normalized spacial score (nSPS) is 14.3. The number of oxazole rings is 1. The van der Waals surface area contributed by atoms with E-state index in [-0.39, 0.29) is 24.0 Å². The molecule has 0 saturated carbocycles. The quantitative estimate of drug-likeness (QED) is 0.653. The number of nitrogens with zero attached hydrogens (tertiary/aromatic N) is 5. The Bertz CT molecular complexity index is 1140. The Hall–Kier alpha value is -3.63. The molecule has 0 bridgehead atoms. The maximum atomic E-state index is 12.6. The number of hydrogen-bond acceptors (Lipinski definition) is 7. The first kappa shape index (κ1) is 18.7. The third-order valence-electron chi connectivity index (χ3n) is 5.01. The fourth-order valence-electron chi connectivity index (χ4n) is 3.38.